The van der Waals surface area contributed by atoms with Crippen molar-refractivity contribution in [1.82, 2.24) is 15.2 Å². The minimum absolute atomic E-state index is 0.0186. The molecule has 1 N–H and O–H groups in total. The highest BCUT2D eigenvalue weighted by Crippen LogP contribution is 2.37. The van der Waals surface area contributed by atoms with E-state index in [1.807, 2.05) is 0 Å². The number of hydrogen-bond acceptors (Lipinski definition) is 6. The van der Waals surface area contributed by atoms with Gasteiger partial charge in [0.05, 0.1) is 12.2 Å². The number of rotatable bonds is 5. The second-order valence-electron chi connectivity index (χ2n) is 6.62. The molecule has 2 aromatic rings. The number of halogens is 3. The van der Waals surface area contributed by atoms with Gasteiger partial charge >= 0.3 is 11.5 Å². The maximum atomic E-state index is 12.8. The van der Waals surface area contributed by atoms with Gasteiger partial charge in [-0.25, -0.2) is 9.69 Å². The summed E-state index contributed by atoms with van der Waals surface area (Å²) in [5.74, 6) is 0.256. The van der Waals surface area contributed by atoms with Crippen molar-refractivity contribution < 1.29 is 22.8 Å². The highest BCUT2D eigenvalue weighted by atomic mass is 32.2. The molecule has 0 atom stereocenters. The summed E-state index contributed by atoms with van der Waals surface area (Å²) in [7, 11) is 0. The molecule has 2 aliphatic heterocycles. The molecule has 2 aliphatic rings. The van der Waals surface area contributed by atoms with Crippen LogP contribution in [0.5, 0.6) is 0 Å². The van der Waals surface area contributed by atoms with Crippen LogP contribution in [-0.4, -0.2) is 52.8 Å². The first-order valence-corrected chi connectivity index (χ1v) is 9.83. The van der Waals surface area contributed by atoms with Crippen molar-refractivity contribution in [1.29, 1.82) is 0 Å². The molecule has 0 radical (unpaired) electrons. The van der Waals surface area contributed by atoms with E-state index in [0.717, 1.165) is 17.0 Å². The Balaban J connectivity index is 1.47. The molecule has 0 aliphatic carbocycles. The van der Waals surface area contributed by atoms with E-state index in [-0.39, 0.29) is 35.4 Å². The van der Waals surface area contributed by atoms with Crippen molar-refractivity contribution in [3.8, 4) is 0 Å². The Bertz CT molecular complexity index is 1010. The zero-order valence-electron chi connectivity index (χ0n) is 15.5. The van der Waals surface area contributed by atoms with E-state index in [0.29, 0.717) is 18.1 Å². The van der Waals surface area contributed by atoms with Gasteiger partial charge in [0.15, 0.2) is 0 Å². The van der Waals surface area contributed by atoms with E-state index in [2.05, 4.69) is 15.3 Å². The second-order valence-corrected chi connectivity index (χ2v) is 7.75. The first kappa shape index (κ1) is 20.2. The van der Waals surface area contributed by atoms with Crippen molar-refractivity contribution >= 4 is 35.2 Å². The number of aromatic nitrogens is 1. The minimum atomic E-state index is -4.40. The summed E-state index contributed by atoms with van der Waals surface area (Å²) in [6.07, 6.45) is 1.62. The fourth-order valence-corrected chi connectivity index (χ4v) is 3.76. The SMILES string of the molecule is O=C1CN(Cc2ccnc(C3=NCCN3)c2)C(=O)N1c1ccc(SC(F)(F)F)cc1. The number of carbonyl (C=O) groups is 2. The molecule has 0 saturated carbocycles. The van der Waals surface area contributed by atoms with Crippen LogP contribution in [0.2, 0.25) is 0 Å². The lowest BCUT2D eigenvalue weighted by Gasteiger charge is -2.18. The third-order valence-electron chi connectivity index (χ3n) is 4.48. The Morgan fingerprint density at radius 1 is 1.13 bits per heavy atom. The molecule has 1 fully saturated rings. The summed E-state index contributed by atoms with van der Waals surface area (Å²) in [6, 6.07) is 8.18. The molecule has 30 heavy (non-hydrogen) atoms. The number of urea groups is 1. The van der Waals surface area contributed by atoms with Crippen molar-refractivity contribution in [2.24, 2.45) is 4.99 Å². The number of alkyl halides is 3. The number of anilines is 1. The maximum absolute atomic E-state index is 12.8. The van der Waals surface area contributed by atoms with Crippen LogP contribution in [-0.2, 0) is 11.3 Å². The van der Waals surface area contributed by atoms with E-state index in [4.69, 9.17) is 0 Å². The van der Waals surface area contributed by atoms with Gasteiger partial charge in [-0.2, -0.15) is 13.2 Å². The molecule has 156 valence electrons. The standard InChI is InChI=1S/C19H16F3N5O2S/c20-19(21,22)30-14-3-1-13(2-4-14)27-16(28)11-26(18(27)29)10-12-5-6-23-15(9-12)17-24-7-8-25-17/h1-6,9H,7-8,10-11H2,(H,24,25). The molecule has 4 rings (SSSR count). The number of nitrogens with one attached hydrogen (secondary N) is 1. The molecule has 3 heterocycles. The number of benzene rings is 1. The molecule has 0 unspecified atom stereocenters. The number of imide groups is 1. The first-order valence-electron chi connectivity index (χ1n) is 9.01. The van der Waals surface area contributed by atoms with Gasteiger partial charge in [-0.15, -0.1) is 0 Å². The summed E-state index contributed by atoms with van der Waals surface area (Å²) >= 11 is -0.252. The highest BCUT2D eigenvalue weighted by Gasteiger charge is 2.37. The average molecular weight is 435 g/mol. The second kappa shape index (κ2) is 7.98. The van der Waals surface area contributed by atoms with E-state index in [1.165, 1.54) is 29.2 Å². The quantitative estimate of drug-likeness (QED) is 0.577. The normalized spacial score (nSPS) is 16.8. The third-order valence-corrected chi connectivity index (χ3v) is 5.22. The Morgan fingerprint density at radius 2 is 1.90 bits per heavy atom. The Labute approximate surface area is 174 Å². The molecular weight excluding hydrogens is 419 g/mol. The maximum Gasteiger partial charge on any atom is 0.446 e. The van der Waals surface area contributed by atoms with Crippen LogP contribution in [0.25, 0.3) is 0 Å². The van der Waals surface area contributed by atoms with Crippen LogP contribution in [0, 0.1) is 0 Å². The molecule has 0 spiro atoms. The van der Waals surface area contributed by atoms with Gasteiger partial charge in [0.1, 0.15) is 18.1 Å². The van der Waals surface area contributed by atoms with E-state index in [1.54, 1.807) is 18.3 Å². The predicted molar refractivity (Wildman–Crippen MR) is 105 cm³/mol. The van der Waals surface area contributed by atoms with Crippen molar-refractivity contribution in [3.05, 3.63) is 53.9 Å². The third kappa shape index (κ3) is 4.40. The van der Waals surface area contributed by atoms with Crippen molar-refractivity contribution in [2.45, 2.75) is 16.9 Å². The van der Waals surface area contributed by atoms with Gasteiger partial charge in [-0.3, -0.25) is 14.8 Å². The average Bonchev–Trinajstić information content (AvgIpc) is 3.31. The van der Waals surface area contributed by atoms with Crippen molar-refractivity contribution in [2.75, 3.05) is 24.5 Å². The summed E-state index contributed by atoms with van der Waals surface area (Å²) in [6.45, 7) is 1.51. The molecule has 3 amide bonds. The van der Waals surface area contributed by atoms with Gasteiger partial charge in [0.2, 0.25) is 0 Å². The van der Waals surface area contributed by atoms with E-state index in [9.17, 15) is 22.8 Å². The Hall–Kier alpha value is -3.08. The number of nitrogens with zero attached hydrogens (tertiary/aromatic N) is 4. The zero-order valence-corrected chi connectivity index (χ0v) is 16.3. The zero-order chi connectivity index (χ0) is 21.3. The molecule has 1 aromatic carbocycles. The number of thioether (sulfide) groups is 1. The van der Waals surface area contributed by atoms with Crippen LogP contribution < -0.4 is 10.2 Å². The van der Waals surface area contributed by atoms with Crippen LogP contribution in [0.4, 0.5) is 23.7 Å². The summed E-state index contributed by atoms with van der Waals surface area (Å²) in [4.78, 5) is 36.1. The topological polar surface area (TPSA) is 77.9 Å². The number of aliphatic imine (C=N–C) groups is 1. The fourth-order valence-electron chi connectivity index (χ4n) is 3.22. The number of amides is 3. The molecule has 1 saturated heterocycles. The van der Waals surface area contributed by atoms with Gasteiger partial charge in [0, 0.05) is 24.2 Å². The minimum Gasteiger partial charge on any atom is -0.367 e. The first-order chi connectivity index (χ1) is 14.3. The molecule has 11 heteroatoms. The van der Waals surface area contributed by atoms with Crippen LogP contribution in [0.3, 0.4) is 0 Å². The largest absolute Gasteiger partial charge is 0.446 e. The summed E-state index contributed by atoms with van der Waals surface area (Å²) < 4.78 is 37.4. The lowest BCUT2D eigenvalue weighted by molar-refractivity contribution is -0.116. The van der Waals surface area contributed by atoms with E-state index < -0.39 is 17.4 Å². The number of carbonyl (C=O) groups excluding carboxylic acids is 2. The molecule has 0 bridgehead atoms. The summed E-state index contributed by atoms with van der Waals surface area (Å²) in [5, 5.41) is 3.13. The Kier molecular flexibility index (Phi) is 5.37. The van der Waals surface area contributed by atoms with Crippen LogP contribution in [0.15, 0.2) is 52.5 Å². The number of hydrogen-bond donors (Lipinski definition) is 1. The lowest BCUT2D eigenvalue weighted by Crippen LogP contribution is -2.32. The molecule has 1 aromatic heterocycles. The fraction of sp³-hybridized carbons (Fsp3) is 0.263. The predicted octanol–water partition coefficient (Wildman–Crippen LogP) is 3.01. The van der Waals surface area contributed by atoms with Crippen LogP contribution in [0.1, 0.15) is 11.3 Å². The smallest absolute Gasteiger partial charge is 0.367 e. The Morgan fingerprint density at radius 3 is 2.57 bits per heavy atom. The molecule has 7 nitrogen and oxygen atoms in total. The lowest BCUT2D eigenvalue weighted by atomic mass is 10.2. The summed E-state index contributed by atoms with van der Waals surface area (Å²) in [5.41, 5.74) is -2.71. The molecular formula is C19H16F3N5O2S. The van der Waals surface area contributed by atoms with Crippen molar-refractivity contribution in [3.63, 3.8) is 0 Å². The van der Waals surface area contributed by atoms with Crippen LogP contribution >= 0.6 is 11.8 Å². The highest BCUT2D eigenvalue weighted by molar-refractivity contribution is 8.00. The number of amidine groups is 1. The number of pyridine rings is 1. The van der Waals surface area contributed by atoms with Gasteiger partial charge in [0.25, 0.3) is 5.91 Å². The van der Waals surface area contributed by atoms with Gasteiger partial charge in [-0.1, -0.05) is 0 Å². The van der Waals surface area contributed by atoms with E-state index >= 15 is 0 Å². The monoisotopic (exact) mass is 435 g/mol. The van der Waals surface area contributed by atoms with Gasteiger partial charge in [-0.05, 0) is 53.7 Å². The van der Waals surface area contributed by atoms with Gasteiger partial charge < -0.3 is 10.2 Å².